The number of aromatic nitrogens is 3. The number of hydrogen-bond acceptors (Lipinski definition) is 6. The normalized spacial score (nSPS) is 15.2. The Labute approximate surface area is 184 Å². The van der Waals surface area contributed by atoms with Crippen molar-refractivity contribution in [1.29, 1.82) is 0 Å². The molecule has 2 heterocycles. The van der Waals surface area contributed by atoms with Crippen molar-refractivity contribution in [2.24, 2.45) is 0 Å². The Hall–Kier alpha value is -3.72. The second kappa shape index (κ2) is 9.19. The monoisotopic (exact) mass is 437 g/mol. The molecule has 0 saturated heterocycles. The third-order valence-corrected chi connectivity index (χ3v) is 5.25. The molecule has 1 aliphatic rings. The smallest absolute Gasteiger partial charge is 0.255 e. The number of aryl methyl sites for hydroxylation is 1. The lowest BCUT2D eigenvalue weighted by atomic mass is 9.94. The number of aliphatic hydroxyl groups excluding tert-OH is 1. The van der Waals surface area contributed by atoms with E-state index in [0.717, 1.165) is 0 Å². The number of halogens is 1. The van der Waals surface area contributed by atoms with E-state index in [1.807, 2.05) is 0 Å². The van der Waals surface area contributed by atoms with Crippen LogP contribution in [-0.2, 0) is 11.2 Å². The lowest BCUT2D eigenvalue weighted by Crippen LogP contribution is -2.32. The highest BCUT2D eigenvalue weighted by Crippen LogP contribution is 2.37. The molecule has 9 heteroatoms. The molecule has 0 radical (unpaired) electrons. The Morgan fingerprint density at radius 2 is 2.00 bits per heavy atom. The fourth-order valence-corrected chi connectivity index (χ4v) is 3.75. The van der Waals surface area contributed by atoms with Crippen LogP contribution in [0.2, 0.25) is 0 Å². The molecule has 166 valence electrons. The molecule has 0 unspecified atom stereocenters. The number of allylic oxidation sites excluding steroid dienone is 1. The molecule has 1 aliphatic heterocycles. The van der Waals surface area contributed by atoms with Crippen LogP contribution in [0.15, 0.2) is 59.8 Å². The molecule has 0 aliphatic carbocycles. The maximum Gasteiger partial charge on any atom is 0.255 e. The predicted molar refractivity (Wildman–Crippen MR) is 118 cm³/mol. The highest BCUT2D eigenvalue weighted by atomic mass is 19.1. The molecular weight excluding hydrogens is 413 g/mol. The number of hydrogen-bond donors (Lipinski definition) is 3. The van der Waals surface area contributed by atoms with Gasteiger partial charge in [0.05, 0.1) is 18.4 Å². The zero-order chi connectivity index (χ0) is 22.7. The van der Waals surface area contributed by atoms with Gasteiger partial charge in [-0.25, -0.2) is 9.07 Å². The van der Waals surface area contributed by atoms with Gasteiger partial charge in [-0.15, -0.1) is 0 Å². The summed E-state index contributed by atoms with van der Waals surface area (Å²) in [4.78, 5) is 17.9. The van der Waals surface area contributed by atoms with E-state index >= 15 is 0 Å². The van der Waals surface area contributed by atoms with E-state index in [4.69, 9.17) is 9.84 Å². The first-order valence-corrected chi connectivity index (χ1v) is 10.3. The molecule has 3 N–H and O–H groups in total. The number of benzene rings is 2. The van der Waals surface area contributed by atoms with E-state index in [1.54, 1.807) is 49.4 Å². The highest BCUT2D eigenvalue weighted by Gasteiger charge is 2.35. The lowest BCUT2D eigenvalue weighted by molar-refractivity contribution is -0.113. The number of para-hydroxylation sites is 2. The fraction of sp³-hybridized carbons (Fsp3) is 0.261. The van der Waals surface area contributed by atoms with Gasteiger partial charge in [-0.2, -0.15) is 10.1 Å². The summed E-state index contributed by atoms with van der Waals surface area (Å²) < 4.78 is 21.8. The minimum absolute atomic E-state index is 0.0118. The third kappa shape index (κ3) is 4.06. The van der Waals surface area contributed by atoms with Gasteiger partial charge in [0.2, 0.25) is 5.95 Å². The van der Waals surface area contributed by atoms with Gasteiger partial charge in [0.25, 0.3) is 5.91 Å². The van der Waals surface area contributed by atoms with Crippen LogP contribution in [-0.4, -0.2) is 39.5 Å². The van der Waals surface area contributed by atoms with Crippen LogP contribution >= 0.6 is 0 Å². The van der Waals surface area contributed by atoms with Crippen molar-refractivity contribution in [3.05, 3.63) is 77.0 Å². The molecule has 0 bridgehead atoms. The predicted octanol–water partition coefficient (Wildman–Crippen LogP) is 3.28. The van der Waals surface area contributed by atoms with Gasteiger partial charge in [-0.1, -0.05) is 30.3 Å². The number of methoxy groups -OCH3 is 1. The van der Waals surface area contributed by atoms with E-state index in [0.29, 0.717) is 52.9 Å². The van der Waals surface area contributed by atoms with Crippen molar-refractivity contribution in [2.75, 3.05) is 24.4 Å². The van der Waals surface area contributed by atoms with E-state index in [2.05, 4.69) is 20.7 Å². The largest absolute Gasteiger partial charge is 0.495 e. The Morgan fingerprint density at radius 1 is 1.25 bits per heavy atom. The second-order valence-corrected chi connectivity index (χ2v) is 7.37. The summed E-state index contributed by atoms with van der Waals surface area (Å²) in [7, 11) is 1.52. The van der Waals surface area contributed by atoms with Gasteiger partial charge in [-0.05, 0) is 31.5 Å². The van der Waals surface area contributed by atoms with E-state index in [-0.39, 0.29) is 6.61 Å². The number of fused-ring (bicyclic) bond motifs is 1. The first-order valence-electron chi connectivity index (χ1n) is 10.3. The number of aliphatic hydroxyl groups is 1. The number of rotatable bonds is 7. The standard InChI is InChI=1S/C23H24FN5O3/c1-14-20(22(31)26-17-10-5-6-11-18(17)32-2)21(15-8-3-4-9-16(15)24)29-23(25-14)27-19(28-29)12-7-13-30/h3-6,8-11,21,30H,7,12-13H2,1-2H3,(H,26,31)(H,25,27,28)/t21-/m1/s1. The number of ether oxygens (including phenoxy) is 1. The Morgan fingerprint density at radius 3 is 2.75 bits per heavy atom. The third-order valence-electron chi connectivity index (χ3n) is 5.25. The highest BCUT2D eigenvalue weighted by molar-refractivity contribution is 6.06. The molecule has 1 amide bonds. The molecule has 1 atom stereocenters. The number of amides is 1. The van der Waals surface area contributed by atoms with Gasteiger partial charge in [0.1, 0.15) is 17.6 Å². The van der Waals surface area contributed by atoms with Gasteiger partial charge in [-0.3, -0.25) is 4.79 Å². The summed E-state index contributed by atoms with van der Waals surface area (Å²) in [5, 5.41) is 19.6. The van der Waals surface area contributed by atoms with Crippen molar-refractivity contribution in [3.63, 3.8) is 0 Å². The summed E-state index contributed by atoms with van der Waals surface area (Å²) in [6.45, 7) is 1.76. The summed E-state index contributed by atoms with van der Waals surface area (Å²) >= 11 is 0. The number of nitrogens with one attached hydrogen (secondary N) is 2. The number of anilines is 2. The van der Waals surface area contributed by atoms with Gasteiger partial charge < -0.3 is 20.5 Å². The number of nitrogens with zero attached hydrogens (tertiary/aromatic N) is 3. The molecule has 0 spiro atoms. The van der Waals surface area contributed by atoms with Crippen LogP contribution in [0.5, 0.6) is 5.75 Å². The average Bonchev–Trinajstić information content (AvgIpc) is 3.19. The molecule has 1 aromatic heterocycles. The fourth-order valence-electron chi connectivity index (χ4n) is 3.75. The first-order chi connectivity index (χ1) is 15.5. The molecule has 2 aromatic carbocycles. The van der Waals surface area contributed by atoms with Crippen LogP contribution in [0.4, 0.5) is 16.0 Å². The summed E-state index contributed by atoms with van der Waals surface area (Å²) in [5.74, 6) is 0.566. The first kappa shape index (κ1) is 21.5. The Kier molecular flexibility index (Phi) is 6.18. The van der Waals surface area contributed by atoms with Crippen molar-refractivity contribution < 1.29 is 19.0 Å². The zero-order valence-corrected chi connectivity index (χ0v) is 17.8. The Balaban J connectivity index is 1.78. The van der Waals surface area contributed by atoms with Gasteiger partial charge >= 0.3 is 0 Å². The molecule has 0 fully saturated rings. The van der Waals surface area contributed by atoms with Crippen LogP contribution in [0, 0.1) is 5.82 Å². The average molecular weight is 437 g/mol. The SMILES string of the molecule is COc1ccccc1NC(=O)C1=C(C)Nc2nc(CCCO)nn2[C@@H]1c1ccccc1F. The van der Waals surface area contributed by atoms with Gasteiger partial charge in [0.15, 0.2) is 5.82 Å². The van der Waals surface area contributed by atoms with Crippen molar-refractivity contribution >= 4 is 17.5 Å². The summed E-state index contributed by atoms with van der Waals surface area (Å²) in [5.41, 5.74) is 1.66. The topological polar surface area (TPSA) is 101 Å². The second-order valence-electron chi connectivity index (χ2n) is 7.37. The van der Waals surface area contributed by atoms with Crippen LogP contribution in [0.1, 0.15) is 30.8 Å². The maximum absolute atomic E-state index is 14.9. The molecule has 0 saturated carbocycles. The minimum Gasteiger partial charge on any atom is -0.495 e. The minimum atomic E-state index is -0.822. The van der Waals surface area contributed by atoms with Gasteiger partial charge in [0, 0.05) is 24.3 Å². The van der Waals surface area contributed by atoms with Crippen molar-refractivity contribution in [3.8, 4) is 5.75 Å². The summed E-state index contributed by atoms with van der Waals surface area (Å²) in [6, 6.07) is 12.5. The molecule has 3 aromatic rings. The van der Waals surface area contributed by atoms with Crippen LogP contribution < -0.4 is 15.4 Å². The van der Waals surface area contributed by atoms with E-state index in [1.165, 1.54) is 17.9 Å². The lowest BCUT2D eigenvalue weighted by Gasteiger charge is -2.29. The maximum atomic E-state index is 14.9. The van der Waals surface area contributed by atoms with E-state index < -0.39 is 17.8 Å². The molecule has 32 heavy (non-hydrogen) atoms. The van der Waals surface area contributed by atoms with Crippen LogP contribution in [0.25, 0.3) is 0 Å². The number of carbonyl (C=O) groups is 1. The summed E-state index contributed by atoms with van der Waals surface area (Å²) in [6.07, 6.45) is 0.964. The molecule has 4 rings (SSSR count). The number of carbonyl (C=O) groups excluding carboxylic acids is 1. The zero-order valence-electron chi connectivity index (χ0n) is 17.8. The quantitative estimate of drug-likeness (QED) is 0.524. The molecule has 8 nitrogen and oxygen atoms in total. The van der Waals surface area contributed by atoms with Crippen LogP contribution in [0.3, 0.4) is 0 Å². The molecular formula is C23H24FN5O3. The van der Waals surface area contributed by atoms with E-state index in [9.17, 15) is 9.18 Å². The van der Waals surface area contributed by atoms with Crippen molar-refractivity contribution in [2.45, 2.75) is 25.8 Å². The Bertz CT molecular complexity index is 1170. The van der Waals surface area contributed by atoms with Crippen molar-refractivity contribution in [1.82, 2.24) is 14.8 Å².